The highest BCUT2D eigenvalue weighted by molar-refractivity contribution is 8.00. The zero-order valence-corrected chi connectivity index (χ0v) is 28.3. The molecule has 1 fully saturated rings. The molecule has 1 saturated heterocycles. The standard InChI is InChI=1S/C35H36N4O10S/c1-22(2)30(34(43)48-20-24-14-16-26(17-15-24)39(45)46)38-32(42)29(33(38)50-19-18-27(40)47-3)36-31(41)28(25-12-8-5-9-13-25)37-35(44)49-21-23-10-6-4-7-11-23/h4-17,28-29,33H,18-21H2,1-3H3,(H,36,41)(H,37,44). The lowest BCUT2D eigenvalue weighted by molar-refractivity contribution is -0.384. The first-order chi connectivity index (χ1) is 24.0. The Morgan fingerprint density at radius 2 is 1.50 bits per heavy atom. The van der Waals surface area contributed by atoms with E-state index in [1.807, 2.05) is 6.07 Å². The lowest BCUT2D eigenvalue weighted by Gasteiger charge is -2.47. The molecule has 1 aliphatic heterocycles. The second-order valence-electron chi connectivity index (χ2n) is 11.2. The van der Waals surface area contributed by atoms with Crippen molar-refractivity contribution < 1.29 is 43.1 Å². The lowest BCUT2D eigenvalue weighted by Crippen LogP contribution is -2.70. The third-order valence-corrected chi connectivity index (χ3v) is 8.72. The predicted molar refractivity (Wildman–Crippen MR) is 182 cm³/mol. The Balaban J connectivity index is 1.51. The van der Waals surface area contributed by atoms with Crippen LogP contribution in [0.5, 0.6) is 0 Å². The number of allylic oxidation sites excluding steroid dienone is 1. The summed E-state index contributed by atoms with van der Waals surface area (Å²) in [7, 11) is 1.25. The average Bonchev–Trinajstić information content (AvgIpc) is 3.12. The molecule has 0 spiro atoms. The van der Waals surface area contributed by atoms with Crippen LogP contribution in [0.1, 0.15) is 43.0 Å². The first-order valence-corrected chi connectivity index (χ1v) is 16.5. The van der Waals surface area contributed by atoms with E-state index in [0.717, 1.165) is 17.3 Å². The third kappa shape index (κ3) is 9.69. The van der Waals surface area contributed by atoms with E-state index in [1.54, 1.807) is 68.4 Å². The second-order valence-corrected chi connectivity index (χ2v) is 12.4. The number of amides is 3. The Morgan fingerprint density at radius 3 is 2.10 bits per heavy atom. The third-order valence-electron chi connectivity index (χ3n) is 7.46. The molecule has 1 heterocycles. The number of thioether (sulfide) groups is 1. The maximum Gasteiger partial charge on any atom is 0.408 e. The first kappa shape index (κ1) is 37.1. The summed E-state index contributed by atoms with van der Waals surface area (Å²) >= 11 is 1.15. The van der Waals surface area contributed by atoms with Crippen LogP contribution in [0.3, 0.4) is 0 Å². The predicted octanol–water partition coefficient (Wildman–Crippen LogP) is 4.55. The molecule has 3 amide bonds. The number of benzene rings is 3. The molecule has 0 saturated carbocycles. The number of nitrogens with zero attached hydrogens (tertiary/aromatic N) is 2. The topological polar surface area (TPSA) is 183 Å². The number of non-ortho nitro benzene ring substituents is 1. The number of ether oxygens (including phenoxy) is 3. The number of nitro benzene ring substituents is 1. The number of hydrogen-bond acceptors (Lipinski definition) is 11. The monoisotopic (exact) mass is 704 g/mol. The minimum absolute atomic E-state index is 0.00341. The minimum atomic E-state index is -1.24. The van der Waals surface area contributed by atoms with E-state index >= 15 is 0 Å². The van der Waals surface area contributed by atoms with Crippen LogP contribution < -0.4 is 10.6 Å². The summed E-state index contributed by atoms with van der Waals surface area (Å²) in [4.78, 5) is 77.2. The molecular weight excluding hydrogens is 668 g/mol. The zero-order chi connectivity index (χ0) is 36.2. The summed E-state index contributed by atoms with van der Waals surface area (Å²) in [6.07, 6.45) is -0.859. The van der Waals surface area contributed by atoms with Gasteiger partial charge in [-0.2, -0.15) is 0 Å². The van der Waals surface area contributed by atoms with Crippen molar-refractivity contribution in [3.63, 3.8) is 0 Å². The second kappa shape index (κ2) is 17.6. The lowest BCUT2D eigenvalue weighted by atomic mass is 10.0. The largest absolute Gasteiger partial charge is 0.469 e. The quantitative estimate of drug-likeness (QED) is 0.0565. The fourth-order valence-electron chi connectivity index (χ4n) is 4.91. The molecule has 0 aliphatic carbocycles. The van der Waals surface area contributed by atoms with Gasteiger partial charge >= 0.3 is 18.0 Å². The van der Waals surface area contributed by atoms with Crippen molar-refractivity contribution in [3.8, 4) is 0 Å². The minimum Gasteiger partial charge on any atom is -0.469 e. The Hall–Kier alpha value is -5.70. The first-order valence-electron chi connectivity index (χ1n) is 15.4. The average molecular weight is 705 g/mol. The molecule has 0 aromatic heterocycles. The van der Waals surface area contributed by atoms with E-state index < -0.39 is 52.2 Å². The fraction of sp³-hybridized carbons (Fsp3) is 0.286. The van der Waals surface area contributed by atoms with E-state index in [0.29, 0.717) is 16.7 Å². The van der Waals surface area contributed by atoms with Gasteiger partial charge in [-0.15, -0.1) is 11.8 Å². The molecule has 262 valence electrons. The fourth-order valence-corrected chi connectivity index (χ4v) is 6.17. The number of hydrogen-bond donors (Lipinski definition) is 2. The van der Waals surface area contributed by atoms with Gasteiger partial charge in [0.15, 0.2) is 0 Å². The van der Waals surface area contributed by atoms with Gasteiger partial charge in [0.1, 0.15) is 36.4 Å². The number of carbonyl (C=O) groups is 5. The maximum absolute atomic E-state index is 13.8. The summed E-state index contributed by atoms with van der Waals surface area (Å²) in [5, 5.41) is 15.4. The van der Waals surface area contributed by atoms with Crippen LogP contribution in [0, 0.1) is 10.1 Å². The number of esters is 2. The highest BCUT2D eigenvalue weighted by atomic mass is 32.2. The molecule has 0 radical (unpaired) electrons. The molecule has 0 bridgehead atoms. The van der Waals surface area contributed by atoms with Crippen LogP contribution in [0.2, 0.25) is 0 Å². The molecular formula is C35H36N4O10S. The number of nitrogens with one attached hydrogen (secondary N) is 2. The van der Waals surface area contributed by atoms with Gasteiger partial charge in [-0.25, -0.2) is 9.59 Å². The van der Waals surface area contributed by atoms with Crippen LogP contribution in [0.4, 0.5) is 10.5 Å². The van der Waals surface area contributed by atoms with Crippen LogP contribution in [-0.4, -0.2) is 63.9 Å². The van der Waals surface area contributed by atoms with Crippen molar-refractivity contribution in [2.75, 3.05) is 12.9 Å². The van der Waals surface area contributed by atoms with Crippen LogP contribution in [0.25, 0.3) is 0 Å². The van der Waals surface area contributed by atoms with Gasteiger partial charge in [-0.05, 0) is 48.2 Å². The molecule has 3 unspecified atom stereocenters. The Labute approximate surface area is 292 Å². The summed E-state index contributed by atoms with van der Waals surface area (Å²) in [6.45, 7) is 2.99. The smallest absolute Gasteiger partial charge is 0.408 e. The molecule has 15 heteroatoms. The van der Waals surface area contributed by atoms with Crippen molar-refractivity contribution in [1.29, 1.82) is 0 Å². The Morgan fingerprint density at radius 1 is 0.900 bits per heavy atom. The summed E-state index contributed by atoms with van der Waals surface area (Å²) in [5.74, 6) is -2.44. The molecule has 50 heavy (non-hydrogen) atoms. The molecule has 4 rings (SSSR count). The number of rotatable bonds is 15. The van der Waals surface area contributed by atoms with E-state index in [1.165, 1.54) is 36.3 Å². The van der Waals surface area contributed by atoms with E-state index in [9.17, 15) is 34.1 Å². The van der Waals surface area contributed by atoms with Crippen molar-refractivity contribution in [2.24, 2.45) is 0 Å². The van der Waals surface area contributed by atoms with Crippen molar-refractivity contribution in [1.82, 2.24) is 15.5 Å². The van der Waals surface area contributed by atoms with E-state index in [2.05, 4.69) is 10.6 Å². The number of nitro groups is 1. The Kier molecular flexibility index (Phi) is 13.1. The number of alkyl carbamates (subject to hydrolysis) is 1. The van der Waals surface area contributed by atoms with Gasteiger partial charge < -0.3 is 24.8 Å². The molecule has 3 aromatic rings. The number of likely N-dealkylation sites (tertiary alicyclic amines) is 1. The number of carbonyl (C=O) groups excluding carboxylic acids is 5. The van der Waals surface area contributed by atoms with Crippen LogP contribution >= 0.6 is 11.8 Å². The summed E-state index contributed by atoms with van der Waals surface area (Å²) < 4.78 is 15.6. The van der Waals surface area contributed by atoms with Gasteiger partial charge in [-0.1, -0.05) is 60.7 Å². The molecule has 14 nitrogen and oxygen atoms in total. The highest BCUT2D eigenvalue weighted by Gasteiger charge is 2.52. The molecule has 2 N–H and O–H groups in total. The number of β-lactam (4-membered cyclic amide) rings is 1. The molecule has 3 aromatic carbocycles. The van der Waals surface area contributed by atoms with Crippen molar-refractivity contribution in [3.05, 3.63) is 123 Å². The molecule has 1 aliphatic rings. The van der Waals surface area contributed by atoms with Crippen LogP contribution in [0.15, 0.2) is 96.2 Å². The number of methoxy groups -OCH3 is 1. The van der Waals surface area contributed by atoms with E-state index in [4.69, 9.17) is 14.2 Å². The van der Waals surface area contributed by atoms with Gasteiger partial charge in [0.25, 0.3) is 11.6 Å². The Bertz CT molecular complexity index is 1730. The van der Waals surface area contributed by atoms with Gasteiger partial charge in [0, 0.05) is 17.9 Å². The highest BCUT2D eigenvalue weighted by Crippen LogP contribution is 2.36. The zero-order valence-electron chi connectivity index (χ0n) is 27.5. The van der Waals surface area contributed by atoms with Gasteiger partial charge in [0.2, 0.25) is 5.91 Å². The van der Waals surface area contributed by atoms with Gasteiger partial charge in [0.05, 0.1) is 18.5 Å². The SMILES string of the molecule is COC(=O)CCSC1C(NC(=O)C(NC(=O)OCc2ccccc2)c2ccccc2)C(=O)N1C(C(=O)OCc1ccc([N+](=O)[O-])cc1)=C(C)C. The summed E-state index contributed by atoms with van der Waals surface area (Å²) in [5.41, 5.74) is 1.94. The van der Waals surface area contributed by atoms with E-state index in [-0.39, 0.29) is 36.8 Å². The van der Waals surface area contributed by atoms with Crippen molar-refractivity contribution >= 4 is 47.3 Å². The van der Waals surface area contributed by atoms with Gasteiger partial charge in [-0.3, -0.25) is 29.4 Å². The molecule has 3 atom stereocenters. The summed E-state index contributed by atoms with van der Waals surface area (Å²) in [6, 6.07) is 20.5. The van der Waals surface area contributed by atoms with Crippen molar-refractivity contribution in [2.45, 2.75) is 50.9 Å². The normalized spacial score (nSPS) is 15.5. The maximum atomic E-state index is 13.8. The van der Waals surface area contributed by atoms with Crippen LogP contribution in [-0.2, 0) is 46.6 Å².